The van der Waals surface area contributed by atoms with E-state index in [0.29, 0.717) is 0 Å². The molecule has 15 heavy (non-hydrogen) atoms. The number of nitrogens with zero attached hydrogens (tertiary/aromatic N) is 3. The van der Waals surface area contributed by atoms with Crippen molar-refractivity contribution in [3.05, 3.63) is 16.6 Å². The van der Waals surface area contributed by atoms with Gasteiger partial charge in [-0.1, -0.05) is 0 Å². The molecule has 0 spiro atoms. The molecule has 7 heteroatoms. The quantitative estimate of drug-likeness (QED) is 0.485. The monoisotopic (exact) mass is 226 g/mol. The van der Waals surface area contributed by atoms with E-state index in [0.717, 1.165) is 5.01 Å². The summed E-state index contributed by atoms with van der Waals surface area (Å²) in [7, 11) is 0. The number of hydrogen-bond acceptors (Lipinski definition) is 3. The Labute approximate surface area is 91.9 Å². The summed E-state index contributed by atoms with van der Waals surface area (Å²) in [6.07, 6.45) is 1.72. The zero-order valence-corrected chi connectivity index (χ0v) is 9.45. The third-order valence-electron chi connectivity index (χ3n) is 1.59. The van der Waals surface area contributed by atoms with Gasteiger partial charge in [0.25, 0.3) is 0 Å². The molecule has 0 bridgehead atoms. The van der Waals surface area contributed by atoms with Crippen molar-refractivity contribution in [2.75, 3.05) is 0 Å². The van der Waals surface area contributed by atoms with Crippen molar-refractivity contribution in [1.29, 1.82) is 0 Å². The van der Waals surface area contributed by atoms with Crippen LogP contribution in [0.3, 0.4) is 0 Å². The first-order valence-corrected chi connectivity index (χ1v) is 5.15. The summed E-state index contributed by atoms with van der Waals surface area (Å²) in [5.41, 5.74) is 15.4. The molecule has 0 aliphatic rings. The number of guanidine groups is 2. The molecule has 1 aromatic heterocycles. The van der Waals surface area contributed by atoms with Gasteiger partial charge in [-0.15, -0.1) is 11.3 Å². The Morgan fingerprint density at radius 2 is 2.07 bits per heavy atom. The highest BCUT2D eigenvalue weighted by atomic mass is 32.1. The Balaban J connectivity index is 2.94. The van der Waals surface area contributed by atoms with Crippen LogP contribution in [0.15, 0.2) is 21.6 Å². The molecule has 0 unspecified atom stereocenters. The highest BCUT2D eigenvalue weighted by Gasteiger charge is 2.22. The summed E-state index contributed by atoms with van der Waals surface area (Å²) in [6.45, 7) is 3.78. The van der Waals surface area contributed by atoms with Crippen molar-refractivity contribution in [3.8, 4) is 0 Å². The molecule has 6 nitrogen and oxygen atoms in total. The summed E-state index contributed by atoms with van der Waals surface area (Å²) < 4.78 is 0. The number of aliphatic imine (C=N–C) groups is 2. The summed E-state index contributed by atoms with van der Waals surface area (Å²) in [5.74, 6) is -0.0543. The third kappa shape index (κ3) is 3.21. The average molecular weight is 226 g/mol. The zero-order chi connectivity index (χ0) is 11.5. The number of aromatic nitrogens is 1. The van der Waals surface area contributed by atoms with Gasteiger partial charge in [0.15, 0.2) is 5.96 Å². The van der Waals surface area contributed by atoms with Gasteiger partial charge in [-0.3, -0.25) is 0 Å². The van der Waals surface area contributed by atoms with Crippen LogP contribution in [0.5, 0.6) is 0 Å². The topological polar surface area (TPSA) is 116 Å². The molecule has 0 aromatic carbocycles. The Hall–Kier alpha value is -1.63. The van der Waals surface area contributed by atoms with Crippen LogP contribution in [0.25, 0.3) is 0 Å². The lowest BCUT2D eigenvalue weighted by molar-refractivity contribution is 0.552. The van der Waals surface area contributed by atoms with Crippen LogP contribution in [0.2, 0.25) is 0 Å². The maximum Gasteiger partial charge on any atom is 0.219 e. The highest BCUT2D eigenvalue weighted by molar-refractivity contribution is 7.09. The standard InChI is InChI=1S/C8H14N6S/c1-8(2,5-12-3-4-15-5)14-7(11)13-6(9)10/h3-4H,1-2H3,(H6,9,10,11,13,14). The predicted octanol–water partition coefficient (Wildman–Crippen LogP) is -0.0337. The third-order valence-corrected chi connectivity index (χ3v) is 2.68. The van der Waals surface area contributed by atoms with Gasteiger partial charge >= 0.3 is 0 Å². The highest BCUT2D eigenvalue weighted by Crippen LogP contribution is 2.26. The van der Waals surface area contributed by atoms with E-state index in [1.807, 2.05) is 19.2 Å². The summed E-state index contributed by atoms with van der Waals surface area (Å²) in [6, 6.07) is 0. The van der Waals surface area contributed by atoms with E-state index in [1.54, 1.807) is 6.20 Å². The smallest absolute Gasteiger partial charge is 0.219 e. The van der Waals surface area contributed by atoms with Gasteiger partial charge in [-0.05, 0) is 13.8 Å². The molecule has 0 aliphatic heterocycles. The summed E-state index contributed by atoms with van der Waals surface area (Å²) in [4.78, 5) is 12.0. The molecule has 1 rings (SSSR count). The normalized spacial score (nSPS) is 12.5. The second-order valence-electron chi connectivity index (χ2n) is 3.40. The molecular weight excluding hydrogens is 212 g/mol. The molecule has 0 saturated heterocycles. The SMILES string of the molecule is CC(C)(N=C(N)N=C(N)N)c1nccs1. The van der Waals surface area contributed by atoms with Crippen molar-refractivity contribution < 1.29 is 0 Å². The van der Waals surface area contributed by atoms with Gasteiger partial charge in [0.2, 0.25) is 5.96 Å². The fourth-order valence-electron chi connectivity index (χ4n) is 1.02. The molecule has 1 heterocycles. The first-order valence-electron chi connectivity index (χ1n) is 4.27. The molecular formula is C8H14N6S. The van der Waals surface area contributed by atoms with Crippen LogP contribution in [-0.4, -0.2) is 16.9 Å². The van der Waals surface area contributed by atoms with E-state index in [-0.39, 0.29) is 11.9 Å². The summed E-state index contributed by atoms with van der Waals surface area (Å²) >= 11 is 1.51. The van der Waals surface area contributed by atoms with E-state index in [2.05, 4.69) is 15.0 Å². The van der Waals surface area contributed by atoms with E-state index >= 15 is 0 Å². The Morgan fingerprint density at radius 3 is 2.53 bits per heavy atom. The van der Waals surface area contributed by atoms with Gasteiger partial charge in [0, 0.05) is 11.6 Å². The lowest BCUT2D eigenvalue weighted by Gasteiger charge is -2.16. The van der Waals surface area contributed by atoms with E-state index in [1.165, 1.54) is 11.3 Å². The van der Waals surface area contributed by atoms with E-state index < -0.39 is 5.54 Å². The van der Waals surface area contributed by atoms with Crippen LogP contribution in [0, 0.1) is 0 Å². The molecule has 0 atom stereocenters. The Bertz CT molecular complexity index is 374. The minimum absolute atomic E-state index is 0.0511. The van der Waals surface area contributed by atoms with Crippen LogP contribution < -0.4 is 17.2 Å². The molecule has 82 valence electrons. The van der Waals surface area contributed by atoms with Gasteiger partial charge in [-0.2, -0.15) is 4.99 Å². The average Bonchev–Trinajstić information content (AvgIpc) is 2.51. The van der Waals surface area contributed by atoms with Crippen LogP contribution in [0.1, 0.15) is 18.9 Å². The minimum Gasteiger partial charge on any atom is -0.370 e. The van der Waals surface area contributed by atoms with Gasteiger partial charge in [-0.25, -0.2) is 9.98 Å². The molecule has 0 saturated carbocycles. The lowest BCUT2D eigenvalue weighted by Crippen LogP contribution is -2.28. The Morgan fingerprint density at radius 1 is 1.40 bits per heavy atom. The fourth-order valence-corrected chi connectivity index (χ4v) is 1.72. The lowest BCUT2D eigenvalue weighted by atomic mass is 10.1. The molecule has 1 aromatic rings. The van der Waals surface area contributed by atoms with E-state index in [9.17, 15) is 0 Å². The van der Waals surface area contributed by atoms with E-state index in [4.69, 9.17) is 17.2 Å². The van der Waals surface area contributed by atoms with Crippen LogP contribution >= 0.6 is 11.3 Å². The number of rotatable bonds is 2. The second kappa shape index (κ2) is 4.26. The van der Waals surface area contributed by atoms with Gasteiger partial charge in [0.1, 0.15) is 10.5 Å². The molecule has 6 N–H and O–H groups in total. The van der Waals surface area contributed by atoms with Crippen molar-refractivity contribution in [3.63, 3.8) is 0 Å². The number of thiazole rings is 1. The fraction of sp³-hybridized carbons (Fsp3) is 0.375. The molecule has 0 fully saturated rings. The second-order valence-corrected chi connectivity index (χ2v) is 4.30. The summed E-state index contributed by atoms with van der Waals surface area (Å²) in [5, 5.41) is 2.74. The molecule has 0 amide bonds. The van der Waals surface area contributed by atoms with Crippen molar-refractivity contribution in [2.24, 2.45) is 27.2 Å². The van der Waals surface area contributed by atoms with Crippen LogP contribution in [0.4, 0.5) is 0 Å². The number of nitrogens with two attached hydrogens (primary N) is 3. The molecule has 0 radical (unpaired) electrons. The van der Waals surface area contributed by atoms with Crippen molar-refractivity contribution >= 4 is 23.3 Å². The number of hydrogen-bond donors (Lipinski definition) is 3. The van der Waals surface area contributed by atoms with Crippen molar-refractivity contribution in [1.82, 2.24) is 4.98 Å². The first-order chi connectivity index (χ1) is 6.92. The first kappa shape index (κ1) is 11.4. The Kier molecular flexibility index (Phi) is 3.25. The maximum atomic E-state index is 5.55. The minimum atomic E-state index is -0.517. The van der Waals surface area contributed by atoms with Crippen LogP contribution in [-0.2, 0) is 5.54 Å². The molecule has 0 aliphatic carbocycles. The predicted molar refractivity (Wildman–Crippen MR) is 62.6 cm³/mol. The van der Waals surface area contributed by atoms with Crippen molar-refractivity contribution in [2.45, 2.75) is 19.4 Å². The maximum absolute atomic E-state index is 5.55. The largest absolute Gasteiger partial charge is 0.370 e. The van der Waals surface area contributed by atoms with Gasteiger partial charge < -0.3 is 17.2 Å². The van der Waals surface area contributed by atoms with Gasteiger partial charge in [0.05, 0.1) is 0 Å². The zero-order valence-electron chi connectivity index (χ0n) is 8.64.